The predicted octanol–water partition coefficient (Wildman–Crippen LogP) is 3.47. The molecular weight excluding hydrogens is 422 g/mol. The van der Waals surface area contributed by atoms with Crippen LogP contribution in [-0.2, 0) is 16.1 Å². The third-order valence-corrected chi connectivity index (χ3v) is 4.60. The highest BCUT2D eigenvalue weighted by Crippen LogP contribution is 2.30. The Labute approximate surface area is 186 Å². The first-order chi connectivity index (χ1) is 15.2. The second-order valence-electron chi connectivity index (χ2n) is 7.45. The zero-order valence-corrected chi connectivity index (χ0v) is 18.5. The lowest BCUT2D eigenvalue weighted by Gasteiger charge is -2.27. The first-order valence-corrected chi connectivity index (χ1v) is 10.0. The Morgan fingerprint density at radius 1 is 1.06 bits per heavy atom. The van der Waals surface area contributed by atoms with Gasteiger partial charge in [0.25, 0.3) is 5.91 Å². The number of halogens is 2. The largest absolute Gasteiger partial charge is 0.493 e. The van der Waals surface area contributed by atoms with Crippen molar-refractivity contribution in [3.63, 3.8) is 0 Å². The molecular formula is C23H28F2N2O5. The van der Waals surface area contributed by atoms with E-state index in [9.17, 15) is 18.4 Å². The average Bonchev–Trinajstić information content (AvgIpc) is 2.76. The molecule has 2 aromatic carbocycles. The van der Waals surface area contributed by atoms with Crippen LogP contribution in [0.1, 0.15) is 19.4 Å². The summed E-state index contributed by atoms with van der Waals surface area (Å²) in [5, 5.41) is 2.71. The maximum Gasteiger partial charge on any atom is 0.387 e. The monoisotopic (exact) mass is 450 g/mol. The van der Waals surface area contributed by atoms with Crippen molar-refractivity contribution < 1.29 is 32.6 Å². The molecule has 2 aromatic rings. The van der Waals surface area contributed by atoms with E-state index >= 15 is 0 Å². The van der Waals surface area contributed by atoms with Gasteiger partial charge in [0.2, 0.25) is 5.91 Å². The van der Waals surface area contributed by atoms with Crippen LogP contribution in [0.2, 0.25) is 0 Å². The zero-order chi connectivity index (χ0) is 23.7. The van der Waals surface area contributed by atoms with Gasteiger partial charge in [-0.15, -0.1) is 0 Å². The van der Waals surface area contributed by atoms with Crippen LogP contribution < -0.4 is 19.5 Å². The van der Waals surface area contributed by atoms with E-state index in [1.807, 2.05) is 19.9 Å². The number of carbonyl (C=O) groups is 2. The van der Waals surface area contributed by atoms with Crippen molar-refractivity contribution in [1.82, 2.24) is 10.2 Å². The third kappa shape index (κ3) is 7.40. The van der Waals surface area contributed by atoms with Crippen molar-refractivity contribution in [3.05, 3.63) is 54.1 Å². The summed E-state index contributed by atoms with van der Waals surface area (Å²) in [4.78, 5) is 26.7. The lowest BCUT2D eigenvalue weighted by atomic mass is 10.0. The van der Waals surface area contributed by atoms with Gasteiger partial charge in [-0.25, -0.2) is 0 Å². The summed E-state index contributed by atoms with van der Waals surface area (Å²) in [7, 11) is 2.92. The molecule has 0 bridgehead atoms. The minimum absolute atomic E-state index is 0.118. The van der Waals surface area contributed by atoms with Crippen LogP contribution in [0.3, 0.4) is 0 Å². The molecule has 0 heterocycles. The lowest BCUT2D eigenvalue weighted by Crippen LogP contribution is -2.51. The van der Waals surface area contributed by atoms with Gasteiger partial charge in [0.15, 0.2) is 18.1 Å². The molecule has 32 heavy (non-hydrogen) atoms. The Bertz CT molecular complexity index is 893. The van der Waals surface area contributed by atoms with Gasteiger partial charge in [-0.05, 0) is 35.7 Å². The minimum atomic E-state index is -3.00. The van der Waals surface area contributed by atoms with E-state index in [1.54, 1.807) is 37.4 Å². The van der Waals surface area contributed by atoms with E-state index in [0.717, 1.165) is 0 Å². The molecule has 0 aliphatic rings. The summed E-state index contributed by atoms with van der Waals surface area (Å²) in [5.74, 6) is -0.333. The van der Waals surface area contributed by atoms with E-state index in [2.05, 4.69) is 10.1 Å². The van der Waals surface area contributed by atoms with Crippen LogP contribution in [0.4, 0.5) is 8.78 Å². The lowest BCUT2D eigenvalue weighted by molar-refractivity contribution is -0.137. The number of benzene rings is 2. The number of nitrogens with one attached hydrogen (secondary N) is 1. The van der Waals surface area contributed by atoms with E-state index in [1.165, 1.54) is 24.1 Å². The fourth-order valence-electron chi connectivity index (χ4n) is 2.99. The Morgan fingerprint density at radius 3 is 2.34 bits per heavy atom. The number of ether oxygens (including phenoxy) is 3. The average molecular weight is 450 g/mol. The first-order valence-electron chi connectivity index (χ1n) is 10.0. The molecule has 0 spiro atoms. The fraction of sp³-hybridized carbons (Fsp3) is 0.391. The molecule has 174 valence electrons. The SMILES string of the molecule is COc1ccc(CN(C)C(=O)C(NC(=O)COc2ccccc2)C(C)C)cc1OC(F)F. The van der Waals surface area contributed by atoms with Crippen LogP contribution in [0.5, 0.6) is 17.2 Å². The van der Waals surface area contributed by atoms with Crippen molar-refractivity contribution in [2.75, 3.05) is 20.8 Å². The van der Waals surface area contributed by atoms with Crippen molar-refractivity contribution >= 4 is 11.8 Å². The van der Waals surface area contributed by atoms with E-state index in [0.29, 0.717) is 11.3 Å². The second kappa shape index (κ2) is 11.9. The number of para-hydroxylation sites is 1. The smallest absolute Gasteiger partial charge is 0.387 e. The molecule has 7 nitrogen and oxygen atoms in total. The number of alkyl halides is 2. The summed E-state index contributed by atoms with van der Waals surface area (Å²) in [6.45, 7) is 0.532. The highest BCUT2D eigenvalue weighted by atomic mass is 19.3. The summed E-state index contributed by atoms with van der Waals surface area (Å²) in [6, 6.07) is 12.6. The second-order valence-corrected chi connectivity index (χ2v) is 7.45. The number of hydrogen-bond acceptors (Lipinski definition) is 5. The maximum atomic E-state index is 13.0. The molecule has 1 unspecified atom stereocenters. The predicted molar refractivity (Wildman–Crippen MR) is 115 cm³/mol. The molecule has 0 aromatic heterocycles. The molecule has 2 rings (SSSR count). The molecule has 0 saturated heterocycles. The maximum absolute atomic E-state index is 13.0. The van der Waals surface area contributed by atoms with Crippen molar-refractivity contribution in [2.24, 2.45) is 5.92 Å². The number of hydrogen-bond donors (Lipinski definition) is 1. The summed E-state index contributed by atoms with van der Waals surface area (Å²) >= 11 is 0. The van der Waals surface area contributed by atoms with Gasteiger partial charge in [0.05, 0.1) is 7.11 Å². The molecule has 0 radical (unpaired) electrons. The molecule has 9 heteroatoms. The minimum Gasteiger partial charge on any atom is -0.493 e. The van der Waals surface area contributed by atoms with Crippen molar-refractivity contribution in [3.8, 4) is 17.2 Å². The van der Waals surface area contributed by atoms with E-state index in [4.69, 9.17) is 9.47 Å². The van der Waals surface area contributed by atoms with E-state index < -0.39 is 18.6 Å². The van der Waals surface area contributed by atoms with Gasteiger partial charge < -0.3 is 24.4 Å². The van der Waals surface area contributed by atoms with Crippen molar-refractivity contribution in [2.45, 2.75) is 33.0 Å². The zero-order valence-electron chi connectivity index (χ0n) is 18.5. The Morgan fingerprint density at radius 2 is 1.75 bits per heavy atom. The van der Waals surface area contributed by atoms with Crippen LogP contribution in [0, 0.1) is 5.92 Å². The summed E-state index contributed by atoms with van der Waals surface area (Å²) in [5.41, 5.74) is 0.568. The normalized spacial score (nSPS) is 11.8. The molecule has 2 amide bonds. The topological polar surface area (TPSA) is 77.1 Å². The molecule has 1 N–H and O–H groups in total. The summed E-state index contributed by atoms with van der Waals surface area (Å²) in [6.07, 6.45) is 0. The highest BCUT2D eigenvalue weighted by Gasteiger charge is 2.27. The first kappa shape index (κ1) is 24.9. The van der Waals surface area contributed by atoms with Crippen LogP contribution in [0.15, 0.2) is 48.5 Å². The summed E-state index contributed by atoms with van der Waals surface area (Å²) < 4.78 is 40.2. The third-order valence-electron chi connectivity index (χ3n) is 4.60. The van der Waals surface area contributed by atoms with Crippen molar-refractivity contribution in [1.29, 1.82) is 0 Å². The van der Waals surface area contributed by atoms with Crippen LogP contribution in [-0.4, -0.2) is 50.1 Å². The van der Waals surface area contributed by atoms with Gasteiger partial charge in [-0.3, -0.25) is 9.59 Å². The number of carbonyl (C=O) groups excluding carboxylic acids is 2. The quantitative estimate of drug-likeness (QED) is 0.567. The standard InChI is InChI=1S/C23H28F2N2O5/c1-15(2)21(26-20(28)14-31-17-8-6-5-7-9-17)22(29)27(3)13-16-10-11-18(30-4)19(12-16)32-23(24)25/h5-12,15,21,23H,13-14H2,1-4H3,(H,26,28). The van der Waals surface area contributed by atoms with Gasteiger partial charge in [-0.2, -0.15) is 8.78 Å². The highest BCUT2D eigenvalue weighted by molar-refractivity contribution is 5.88. The van der Waals surface area contributed by atoms with Crippen LogP contribution in [0.25, 0.3) is 0 Å². The Kier molecular flexibility index (Phi) is 9.24. The number of likely N-dealkylation sites (N-methyl/N-ethyl adjacent to an activating group) is 1. The Balaban J connectivity index is 2.02. The molecule has 1 atom stereocenters. The number of methoxy groups -OCH3 is 1. The van der Waals surface area contributed by atoms with Gasteiger partial charge >= 0.3 is 6.61 Å². The fourth-order valence-corrected chi connectivity index (χ4v) is 2.99. The molecule has 0 aliphatic carbocycles. The van der Waals surface area contributed by atoms with Gasteiger partial charge in [0.1, 0.15) is 11.8 Å². The number of rotatable bonds is 11. The Hall–Kier alpha value is -3.36. The van der Waals surface area contributed by atoms with E-state index in [-0.39, 0.29) is 36.5 Å². The van der Waals surface area contributed by atoms with Gasteiger partial charge in [0, 0.05) is 13.6 Å². The number of nitrogens with zero attached hydrogens (tertiary/aromatic N) is 1. The van der Waals surface area contributed by atoms with Gasteiger partial charge in [-0.1, -0.05) is 38.1 Å². The molecule has 0 saturated carbocycles. The molecule has 0 fully saturated rings. The number of amides is 2. The van der Waals surface area contributed by atoms with Crippen LogP contribution >= 0.6 is 0 Å². The molecule has 0 aliphatic heterocycles.